The van der Waals surface area contributed by atoms with Crippen LogP contribution in [0.5, 0.6) is 5.88 Å². The summed E-state index contributed by atoms with van der Waals surface area (Å²) in [6, 6.07) is 0.149. The summed E-state index contributed by atoms with van der Waals surface area (Å²) in [4.78, 5) is 23.3. The first kappa shape index (κ1) is 18.5. The van der Waals surface area contributed by atoms with E-state index in [0.29, 0.717) is 0 Å². The molecule has 6 nitrogen and oxygen atoms in total. The van der Waals surface area contributed by atoms with E-state index in [1.54, 1.807) is 17.7 Å². The van der Waals surface area contributed by atoms with Crippen molar-refractivity contribution in [2.24, 2.45) is 0 Å². The largest absolute Gasteiger partial charge is 0.474 e. The first-order valence-corrected chi connectivity index (χ1v) is 10.6. The van der Waals surface area contributed by atoms with Crippen molar-refractivity contribution in [3.63, 3.8) is 0 Å². The number of alkyl carbamates (subject to hydrolysis) is 1. The second kappa shape index (κ2) is 7.26. The maximum atomic E-state index is 11.9. The van der Waals surface area contributed by atoms with E-state index in [0.717, 1.165) is 54.6 Å². The zero-order valence-corrected chi connectivity index (χ0v) is 17.0. The normalized spacial score (nSPS) is 22.5. The fourth-order valence-corrected chi connectivity index (χ4v) is 5.17. The predicted molar refractivity (Wildman–Crippen MR) is 105 cm³/mol. The SMILES string of the molecule is CC(C)(C)OC(=O)NC1CCC(Oc2ncnc3sc4c(c23)CCC4)CC1. The maximum Gasteiger partial charge on any atom is 0.407 e. The van der Waals surface area contributed by atoms with Gasteiger partial charge in [0.2, 0.25) is 5.88 Å². The Morgan fingerprint density at radius 1 is 1.19 bits per heavy atom. The maximum absolute atomic E-state index is 11.9. The molecule has 0 unspecified atom stereocenters. The van der Waals surface area contributed by atoms with Crippen molar-refractivity contribution < 1.29 is 14.3 Å². The minimum absolute atomic E-state index is 0.136. The fraction of sp³-hybridized carbons (Fsp3) is 0.650. The van der Waals surface area contributed by atoms with Crippen molar-refractivity contribution in [2.75, 3.05) is 0 Å². The number of thiophene rings is 1. The fourth-order valence-electron chi connectivity index (χ4n) is 3.95. The van der Waals surface area contributed by atoms with E-state index < -0.39 is 5.60 Å². The van der Waals surface area contributed by atoms with E-state index in [2.05, 4.69) is 15.3 Å². The van der Waals surface area contributed by atoms with Gasteiger partial charge < -0.3 is 14.8 Å². The summed E-state index contributed by atoms with van der Waals surface area (Å²) < 4.78 is 11.6. The number of nitrogens with zero attached hydrogens (tertiary/aromatic N) is 2. The van der Waals surface area contributed by atoms with Crippen molar-refractivity contribution in [1.29, 1.82) is 0 Å². The van der Waals surface area contributed by atoms with Crippen LogP contribution in [0.4, 0.5) is 4.79 Å². The summed E-state index contributed by atoms with van der Waals surface area (Å²) >= 11 is 1.78. The summed E-state index contributed by atoms with van der Waals surface area (Å²) in [6.07, 6.45) is 8.46. The Balaban J connectivity index is 1.36. The van der Waals surface area contributed by atoms with E-state index >= 15 is 0 Å². The number of hydrogen-bond acceptors (Lipinski definition) is 6. The van der Waals surface area contributed by atoms with Crippen molar-refractivity contribution in [1.82, 2.24) is 15.3 Å². The number of amides is 1. The molecule has 1 N–H and O–H groups in total. The number of fused-ring (bicyclic) bond motifs is 3. The van der Waals surface area contributed by atoms with Crippen molar-refractivity contribution >= 4 is 27.6 Å². The Labute approximate surface area is 163 Å². The van der Waals surface area contributed by atoms with Gasteiger partial charge in [-0.05, 0) is 71.3 Å². The van der Waals surface area contributed by atoms with E-state index in [4.69, 9.17) is 9.47 Å². The summed E-state index contributed by atoms with van der Waals surface area (Å²) in [6.45, 7) is 5.63. The molecule has 1 amide bonds. The van der Waals surface area contributed by atoms with Crippen LogP contribution in [0.2, 0.25) is 0 Å². The van der Waals surface area contributed by atoms with Gasteiger partial charge in [-0.25, -0.2) is 14.8 Å². The van der Waals surface area contributed by atoms with Crippen molar-refractivity contribution in [3.05, 3.63) is 16.8 Å². The van der Waals surface area contributed by atoms with Crippen LogP contribution in [-0.2, 0) is 17.6 Å². The molecule has 146 valence electrons. The first-order valence-electron chi connectivity index (χ1n) is 9.80. The molecule has 1 fully saturated rings. The monoisotopic (exact) mass is 389 g/mol. The Bertz CT molecular complexity index is 835. The molecule has 0 aromatic carbocycles. The Morgan fingerprint density at radius 3 is 2.70 bits per heavy atom. The Morgan fingerprint density at radius 2 is 1.96 bits per heavy atom. The average Bonchev–Trinajstić information content (AvgIpc) is 3.16. The first-order chi connectivity index (χ1) is 12.9. The topological polar surface area (TPSA) is 73.3 Å². The van der Waals surface area contributed by atoms with E-state index in [-0.39, 0.29) is 18.2 Å². The van der Waals surface area contributed by atoms with Crippen LogP contribution in [0, 0.1) is 0 Å². The van der Waals surface area contributed by atoms with Crippen LogP contribution in [-0.4, -0.2) is 33.8 Å². The van der Waals surface area contributed by atoms with Crippen LogP contribution < -0.4 is 10.1 Å². The quantitative estimate of drug-likeness (QED) is 0.842. The number of carbonyl (C=O) groups excluding carboxylic acids is 1. The van der Waals surface area contributed by atoms with Crippen LogP contribution in [0.3, 0.4) is 0 Å². The van der Waals surface area contributed by atoms with Crippen molar-refractivity contribution in [3.8, 4) is 5.88 Å². The van der Waals surface area contributed by atoms with Gasteiger partial charge in [-0.3, -0.25) is 0 Å². The molecular formula is C20H27N3O3S. The highest BCUT2D eigenvalue weighted by Crippen LogP contribution is 2.40. The smallest absolute Gasteiger partial charge is 0.407 e. The summed E-state index contributed by atoms with van der Waals surface area (Å²) in [5.41, 5.74) is 0.926. The zero-order valence-electron chi connectivity index (χ0n) is 16.2. The second-order valence-electron chi connectivity index (χ2n) is 8.45. The number of aryl methyl sites for hydroxylation is 2. The molecule has 2 aliphatic rings. The zero-order chi connectivity index (χ0) is 19.0. The van der Waals surface area contributed by atoms with Gasteiger partial charge in [-0.1, -0.05) is 0 Å². The van der Waals surface area contributed by atoms with Gasteiger partial charge >= 0.3 is 6.09 Å². The molecule has 2 heterocycles. The molecule has 2 aliphatic carbocycles. The van der Waals surface area contributed by atoms with E-state index in [1.165, 1.54) is 16.9 Å². The third-order valence-electron chi connectivity index (χ3n) is 5.14. The highest BCUT2D eigenvalue weighted by Gasteiger charge is 2.28. The number of carbonyl (C=O) groups is 1. The Kier molecular flexibility index (Phi) is 4.97. The van der Waals surface area contributed by atoms with Crippen molar-refractivity contribution in [2.45, 2.75) is 83.5 Å². The lowest BCUT2D eigenvalue weighted by Gasteiger charge is -2.30. The lowest BCUT2D eigenvalue weighted by molar-refractivity contribution is 0.0470. The highest BCUT2D eigenvalue weighted by atomic mass is 32.1. The summed E-state index contributed by atoms with van der Waals surface area (Å²) in [5.74, 6) is 0.739. The van der Waals surface area contributed by atoms with Gasteiger partial charge in [0.05, 0.1) is 5.39 Å². The molecule has 1 saturated carbocycles. The van der Waals surface area contributed by atoms with Gasteiger partial charge in [0.15, 0.2) is 0 Å². The van der Waals surface area contributed by atoms with Crippen LogP contribution >= 0.6 is 11.3 Å². The molecule has 27 heavy (non-hydrogen) atoms. The van der Waals surface area contributed by atoms with Gasteiger partial charge in [0.25, 0.3) is 0 Å². The molecule has 4 rings (SSSR count). The third-order valence-corrected chi connectivity index (χ3v) is 6.34. The van der Waals surface area contributed by atoms with Crippen LogP contribution in [0.25, 0.3) is 10.2 Å². The summed E-state index contributed by atoms with van der Waals surface area (Å²) in [5, 5.41) is 4.11. The lowest BCUT2D eigenvalue weighted by atomic mass is 9.93. The van der Waals surface area contributed by atoms with Gasteiger partial charge in [-0.15, -0.1) is 11.3 Å². The third kappa shape index (κ3) is 4.18. The minimum Gasteiger partial charge on any atom is -0.474 e. The molecule has 2 aromatic heterocycles. The average molecular weight is 390 g/mol. The number of aromatic nitrogens is 2. The molecule has 0 spiro atoms. The Hall–Kier alpha value is -1.89. The molecular weight excluding hydrogens is 362 g/mol. The lowest BCUT2D eigenvalue weighted by Crippen LogP contribution is -2.42. The molecule has 0 bridgehead atoms. The van der Waals surface area contributed by atoms with Crippen LogP contribution in [0.15, 0.2) is 6.33 Å². The highest BCUT2D eigenvalue weighted by molar-refractivity contribution is 7.18. The van der Waals surface area contributed by atoms with E-state index in [1.807, 2.05) is 20.8 Å². The molecule has 7 heteroatoms. The van der Waals surface area contributed by atoms with Gasteiger partial charge in [0.1, 0.15) is 22.9 Å². The number of nitrogens with one attached hydrogen (secondary N) is 1. The number of ether oxygens (including phenoxy) is 2. The summed E-state index contributed by atoms with van der Waals surface area (Å²) in [7, 11) is 0. The molecule has 0 saturated heterocycles. The van der Waals surface area contributed by atoms with Gasteiger partial charge in [-0.2, -0.15) is 0 Å². The molecule has 0 radical (unpaired) electrons. The number of rotatable bonds is 3. The standard InChI is InChI=1S/C20H27N3O3S/c1-20(2,3)26-19(24)23-12-7-9-13(10-8-12)25-17-16-14-5-4-6-15(14)27-18(16)22-11-21-17/h11-13H,4-10H2,1-3H3,(H,23,24). The number of hydrogen-bond donors (Lipinski definition) is 1. The molecule has 0 aliphatic heterocycles. The van der Waals surface area contributed by atoms with Gasteiger partial charge in [0, 0.05) is 10.9 Å². The molecule has 0 atom stereocenters. The van der Waals surface area contributed by atoms with Crippen LogP contribution in [0.1, 0.15) is 63.3 Å². The predicted octanol–water partition coefficient (Wildman–Crippen LogP) is 4.39. The van der Waals surface area contributed by atoms with E-state index in [9.17, 15) is 4.79 Å². The second-order valence-corrected chi connectivity index (χ2v) is 9.54. The minimum atomic E-state index is -0.469. The molecule has 2 aromatic rings.